The summed E-state index contributed by atoms with van der Waals surface area (Å²) in [6.07, 6.45) is 1.48. The number of rotatable bonds is 6. The smallest absolute Gasteiger partial charge is 0.266 e. The van der Waals surface area contributed by atoms with E-state index in [-0.39, 0.29) is 5.57 Å². The lowest BCUT2D eigenvalue weighted by molar-refractivity contribution is -0.112. The van der Waals surface area contributed by atoms with Gasteiger partial charge in [0.1, 0.15) is 18.2 Å². The van der Waals surface area contributed by atoms with Crippen molar-refractivity contribution >= 4 is 67.8 Å². The van der Waals surface area contributed by atoms with Crippen molar-refractivity contribution in [3.05, 3.63) is 96.5 Å². The summed E-state index contributed by atoms with van der Waals surface area (Å²) in [5.41, 5.74) is 2.21. The van der Waals surface area contributed by atoms with Crippen molar-refractivity contribution in [3.8, 4) is 11.8 Å². The van der Waals surface area contributed by atoms with E-state index in [1.165, 1.54) is 6.08 Å². The second-order valence-electron chi connectivity index (χ2n) is 6.22. The Hall–Kier alpha value is -2.34. The predicted octanol–water partition coefficient (Wildman–Crippen LogP) is 6.83. The van der Waals surface area contributed by atoms with Crippen molar-refractivity contribution in [2.24, 2.45) is 0 Å². The second kappa shape index (κ2) is 10.6. The molecule has 30 heavy (non-hydrogen) atoms. The van der Waals surface area contributed by atoms with Gasteiger partial charge in [-0.1, -0.05) is 41.9 Å². The van der Waals surface area contributed by atoms with Gasteiger partial charge in [-0.15, -0.1) is 0 Å². The van der Waals surface area contributed by atoms with Crippen LogP contribution in [0.4, 0.5) is 5.69 Å². The molecule has 0 unspecified atom stereocenters. The van der Waals surface area contributed by atoms with Gasteiger partial charge in [0, 0.05) is 9.26 Å². The molecule has 0 bridgehead atoms. The average molecular weight is 594 g/mol. The molecule has 0 heterocycles. The third kappa shape index (κ3) is 6.08. The van der Waals surface area contributed by atoms with E-state index in [0.29, 0.717) is 33.1 Å². The Morgan fingerprint density at radius 2 is 1.87 bits per heavy atom. The molecule has 1 N–H and O–H groups in total. The molecule has 7 heteroatoms. The Kier molecular flexibility index (Phi) is 7.91. The number of anilines is 1. The molecule has 3 aromatic carbocycles. The third-order valence-electron chi connectivity index (χ3n) is 4.02. The van der Waals surface area contributed by atoms with E-state index in [9.17, 15) is 10.1 Å². The highest BCUT2D eigenvalue weighted by Crippen LogP contribution is 2.35. The molecule has 0 aliphatic rings. The highest BCUT2D eigenvalue weighted by atomic mass is 127. The minimum absolute atomic E-state index is 0.0330. The van der Waals surface area contributed by atoms with Gasteiger partial charge in [-0.3, -0.25) is 4.79 Å². The molecule has 0 radical (unpaired) electrons. The van der Waals surface area contributed by atoms with Crippen LogP contribution in [0.15, 0.2) is 76.8 Å². The summed E-state index contributed by atoms with van der Waals surface area (Å²) < 4.78 is 7.64. The lowest BCUT2D eigenvalue weighted by Crippen LogP contribution is -2.13. The fourth-order valence-electron chi connectivity index (χ4n) is 2.57. The number of ether oxygens (including phenoxy) is 1. The van der Waals surface area contributed by atoms with Gasteiger partial charge in [-0.2, -0.15) is 5.26 Å². The van der Waals surface area contributed by atoms with Crippen LogP contribution in [0.2, 0.25) is 5.02 Å². The molecule has 0 saturated carbocycles. The monoisotopic (exact) mass is 592 g/mol. The molecule has 0 aromatic heterocycles. The van der Waals surface area contributed by atoms with Gasteiger partial charge in [-0.25, -0.2) is 0 Å². The molecule has 0 saturated heterocycles. The zero-order valence-corrected chi connectivity index (χ0v) is 20.0. The molecule has 4 nitrogen and oxygen atoms in total. The molecular weight excluding hydrogens is 579 g/mol. The first-order chi connectivity index (χ1) is 14.5. The van der Waals surface area contributed by atoms with Crippen molar-refractivity contribution in [2.75, 3.05) is 5.32 Å². The summed E-state index contributed by atoms with van der Waals surface area (Å²) in [7, 11) is 0. The Morgan fingerprint density at radius 1 is 1.17 bits per heavy atom. The van der Waals surface area contributed by atoms with Crippen LogP contribution in [0, 0.1) is 14.9 Å². The van der Waals surface area contributed by atoms with E-state index in [0.717, 1.165) is 9.13 Å². The van der Waals surface area contributed by atoms with Crippen LogP contribution in [0.3, 0.4) is 0 Å². The van der Waals surface area contributed by atoms with E-state index >= 15 is 0 Å². The van der Waals surface area contributed by atoms with E-state index in [4.69, 9.17) is 16.3 Å². The van der Waals surface area contributed by atoms with Crippen LogP contribution in [0.5, 0.6) is 5.75 Å². The van der Waals surface area contributed by atoms with E-state index in [1.54, 1.807) is 36.4 Å². The Morgan fingerprint density at radius 3 is 2.50 bits per heavy atom. The molecule has 0 spiro atoms. The fourth-order valence-corrected chi connectivity index (χ4v) is 3.92. The number of benzene rings is 3. The van der Waals surface area contributed by atoms with Crippen molar-refractivity contribution < 1.29 is 9.53 Å². The topological polar surface area (TPSA) is 62.1 Å². The molecule has 3 rings (SSSR count). The van der Waals surface area contributed by atoms with Crippen LogP contribution < -0.4 is 10.1 Å². The maximum Gasteiger partial charge on any atom is 0.266 e. The Bertz CT molecular complexity index is 1100. The van der Waals surface area contributed by atoms with Crippen LogP contribution in [0.25, 0.3) is 6.08 Å². The van der Waals surface area contributed by atoms with Crippen LogP contribution in [-0.2, 0) is 11.4 Å². The number of carbonyl (C=O) groups is 1. The largest absolute Gasteiger partial charge is 0.486 e. The predicted molar refractivity (Wildman–Crippen MR) is 131 cm³/mol. The summed E-state index contributed by atoms with van der Waals surface area (Å²) >= 11 is 12.1. The minimum Gasteiger partial charge on any atom is -0.486 e. The number of carbonyl (C=O) groups excluding carboxylic acids is 1. The van der Waals surface area contributed by atoms with Crippen molar-refractivity contribution in [1.29, 1.82) is 5.26 Å². The number of para-hydroxylation sites is 1. The van der Waals surface area contributed by atoms with Crippen molar-refractivity contribution in [2.45, 2.75) is 6.61 Å². The minimum atomic E-state index is -0.491. The number of halogens is 3. The normalized spacial score (nSPS) is 10.9. The lowest BCUT2D eigenvalue weighted by Gasteiger charge is -2.11. The number of amides is 1. The average Bonchev–Trinajstić information content (AvgIpc) is 2.73. The summed E-state index contributed by atoms with van der Waals surface area (Å²) in [4.78, 5) is 12.4. The number of nitrogens with zero attached hydrogens (tertiary/aromatic N) is 1. The maximum atomic E-state index is 12.4. The number of nitriles is 1. The van der Waals surface area contributed by atoms with Crippen molar-refractivity contribution in [1.82, 2.24) is 0 Å². The molecule has 1 amide bonds. The highest BCUT2D eigenvalue weighted by molar-refractivity contribution is 14.1. The van der Waals surface area contributed by atoms with Gasteiger partial charge in [-0.05, 0) is 92.1 Å². The summed E-state index contributed by atoms with van der Waals surface area (Å²) in [5, 5.41) is 12.5. The molecule has 0 aliphatic heterocycles. The van der Waals surface area contributed by atoms with E-state index in [1.807, 2.05) is 36.4 Å². The maximum absolute atomic E-state index is 12.4. The molecule has 0 atom stereocenters. The summed E-state index contributed by atoms with van der Waals surface area (Å²) in [6.45, 7) is 0.368. The second-order valence-corrected chi connectivity index (χ2v) is 8.73. The molecule has 3 aromatic rings. The van der Waals surface area contributed by atoms with Crippen molar-refractivity contribution in [3.63, 3.8) is 0 Å². The van der Waals surface area contributed by atoms with Crippen LogP contribution in [0.1, 0.15) is 11.1 Å². The molecule has 0 aliphatic carbocycles. The quantitative estimate of drug-likeness (QED) is 0.194. The molecular formula is C23H15BrClIN2O2. The van der Waals surface area contributed by atoms with Gasteiger partial charge < -0.3 is 10.1 Å². The lowest BCUT2D eigenvalue weighted by atomic mass is 10.1. The van der Waals surface area contributed by atoms with Gasteiger partial charge in [0.05, 0.1) is 9.50 Å². The number of nitrogens with one attached hydrogen (secondary N) is 1. The van der Waals surface area contributed by atoms with Crippen LogP contribution in [-0.4, -0.2) is 5.91 Å². The van der Waals surface area contributed by atoms with E-state index in [2.05, 4.69) is 43.8 Å². The Labute approximate surface area is 201 Å². The zero-order chi connectivity index (χ0) is 21.5. The zero-order valence-electron chi connectivity index (χ0n) is 15.5. The number of hydrogen-bond donors (Lipinski definition) is 1. The van der Waals surface area contributed by atoms with Gasteiger partial charge in [0.2, 0.25) is 0 Å². The van der Waals surface area contributed by atoms with Gasteiger partial charge in [0.25, 0.3) is 5.91 Å². The third-order valence-corrected chi connectivity index (χ3v) is 5.61. The van der Waals surface area contributed by atoms with Gasteiger partial charge >= 0.3 is 0 Å². The summed E-state index contributed by atoms with van der Waals surface area (Å²) in [6, 6.07) is 22.3. The van der Waals surface area contributed by atoms with Crippen LogP contribution >= 0.6 is 50.1 Å². The standard InChI is InChI=1S/C23H15BrClIN2O2/c24-20-11-16(10-17(13-27)23(29)28-19-4-2-1-3-5-19)12-21(25)22(20)30-14-15-6-8-18(26)9-7-15/h1-12H,14H2,(H,28,29)/b17-10-. The van der Waals surface area contributed by atoms with Gasteiger partial charge in [0.15, 0.2) is 5.75 Å². The Balaban J connectivity index is 1.76. The summed E-state index contributed by atoms with van der Waals surface area (Å²) in [5.74, 6) is 0.00888. The van der Waals surface area contributed by atoms with E-state index < -0.39 is 5.91 Å². The first kappa shape index (κ1) is 22.3. The molecule has 0 fully saturated rings. The molecule has 150 valence electrons. The first-order valence-electron chi connectivity index (χ1n) is 8.81. The highest BCUT2D eigenvalue weighted by Gasteiger charge is 2.13. The number of hydrogen-bond acceptors (Lipinski definition) is 3. The SMILES string of the molecule is N#C/C(=C/c1cc(Cl)c(OCc2ccc(I)cc2)c(Br)c1)C(=O)Nc1ccccc1. The first-order valence-corrected chi connectivity index (χ1v) is 11.1. The fraction of sp³-hybridized carbons (Fsp3) is 0.0435.